The van der Waals surface area contributed by atoms with E-state index in [-0.39, 0.29) is 23.8 Å². The maximum absolute atomic E-state index is 12.3. The lowest BCUT2D eigenvalue weighted by Crippen LogP contribution is -2.36. The minimum atomic E-state index is -0.246. The summed E-state index contributed by atoms with van der Waals surface area (Å²) in [4.78, 5) is 26.1. The number of nitrogens with one attached hydrogen (secondary N) is 1. The van der Waals surface area contributed by atoms with Crippen LogP contribution in [0.4, 0.5) is 0 Å². The van der Waals surface area contributed by atoms with Crippen LogP contribution in [0.1, 0.15) is 24.8 Å². The third-order valence-electron chi connectivity index (χ3n) is 4.66. The molecule has 2 unspecified atom stereocenters. The molecular weight excluding hydrogens is 328 g/mol. The van der Waals surface area contributed by atoms with Gasteiger partial charge in [-0.1, -0.05) is 23.7 Å². The number of halogens is 1. The van der Waals surface area contributed by atoms with Gasteiger partial charge in [0.05, 0.1) is 12.0 Å². The van der Waals surface area contributed by atoms with Crippen molar-refractivity contribution in [3.63, 3.8) is 0 Å². The number of hydrogen-bond acceptors (Lipinski definition) is 3. The zero-order valence-corrected chi connectivity index (χ0v) is 14.4. The van der Waals surface area contributed by atoms with Gasteiger partial charge in [0.15, 0.2) is 0 Å². The topological polar surface area (TPSA) is 58.6 Å². The summed E-state index contributed by atoms with van der Waals surface area (Å²) in [5, 5.41) is 3.65. The van der Waals surface area contributed by atoms with Crippen LogP contribution in [0.2, 0.25) is 5.02 Å². The largest absolute Gasteiger partial charge is 0.376 e. The van der Waals surface area contributed by atoms with E-state index in [1.165, 1.54) is 0 Å². The van der Waals surface area contributed by atoms with E-state index in [0.29, 0.717) is 31.1 Å². The SMILES string of the molecule is O=C(NCCc1ccc(Cl)cc1)C1CC(=O)N(CC2CCCO2)C1. The maximum Gasteiger partial charge on any atom is 0.225 e. The van der Waals surface area contributed by atoms with Gasteiger partial charge >= 0.3 is 0 Å². The van der Waals surface area contributed by atoms with Crippen LogP contribution in [-0.4, -0.2) is 49.1 Å². The van der Waals surface area contributed by atoms with Crippen molar-refractivity contribution in [2.24, 2.45) is 5.92 Å². The molecule has 0 aliphatic carbocycles. The molecule has 5 nitrogen and oxygen atoms in total. The van der Waals surface area contributed by atoms with Crippen molar-refractivity contribution in [1.29, 1.82) is 0 Å². The number of carbonyl (C=O) groups excluding carboxylic acids is 2. The Bertz CT molecular complexity index is 584. The molecule has 24 heavy (non-hydrogen) atoms. The number of amides is 2. The summed E-state index contributed by atoms with van der Waals surface area (Å²) in [6, 6.07) is 7.60. The summed E-state index contributed by atoms with van der Waals surface area (Å²) in [6.45, 7) is 2.47. The average Bonchev–Trinajstić information content (AvgIpc) is 3.20. The van der Waals surface area contributed by atoms with E-state index in [1.54, 1.807) is 4.90 Å². The summed E-state index contributed by atoms with van der Waals surface area (Å²) in [6.07, 6.45) is 3.26. The van der Waals surface area contributed by atoms with Gasteiger partial charge in [0, 0.05) is 37.7 Å². The van der Waals surface area contributed by atoms with Crippen molar-refractivity contribution in [1.82, 2.24) is 10.2 Å². The highest BCUT2D eigenvalue weighted by molar-refractivity contribution is 6.30. The Kier molecular flexibility index (Phi) is 5.74. The number of nitrogens with zero attached hydrogens (tertiary/aromatic N) is 1. The van der Waals surface area contributed by atoms with Gasteiger partial charge in [-0.2, -0.15) is 0 Å². The van der Waals surface area contributed by atoms with Gasteiger partial charge in [0.25, 0.3) is 0 Å². The average molecular weight is 351 g/mol. The number of ether oxygens (including phenoxy) is 1. The molecule has 1 aromatic carbocycles. The highest BCUT2D eigenvalue weighted by Gasteiger charge is 2.35. The summed E-state index contributed by atoms with van der Waals surface area (Å²) in [7, 11) is 0. The molecule has 2 heterocycles. The molecule has 2 atom stereocenters. The minimum absolute atomic E-state index is 0.0350. The van der Waals surface area contributed by atoms with E-state index in [9.17, 15) is 9.59 Å². The second kappa shape index (κ2) is 7.99. The second-order valence-corrected chi connectivity index (χ2v) is 6.94. The Morgan fingerprint density at radius 2 is 2.12 bits per heavy atom. The fourth-order valence-electron chi connectivity index (χ4n) is 3.28. The Labute approximate surface area is 147 Å². The highest BCUT2D eigenvalue weighted by atomic mass is 35.5. The predicted octanol–water partition coefficient (Wildman–Crippen LogP) is 2.03. The fourth-order valence-corrected chi connectivity index (χ4v) is 3.41. The van der Waals surface area contributed by atoms with Crippen LogP contribution < -0.4 is 5.32 Å². The molecule has 0 bridgehead atoms. The Balaban J connectivity index is 1.42. The molecule has 130 valence electrons. The molecule has 2 fully saturated rings. The summed E-state index contributed by atoms with van der Waals surface area (Å²) >= 11 is 5.86. The van der Waals surface area contributed by atoms with Crippen LogP contribution in [0.5, 0.6) is 0 Å². The van der Waals surface area contributed by atoms with Gasteiger partial charge in [-0.05, 0) is 37.0 Å². The first-order chi connectivity index (χ1) is 11.6. The molecule has 1 N–H and O–H groups in total. The van der Waals surface area contributed by atoms with Crippen molar-refractivity contribution < 1.29 is 14.3 Å². The zero-order valence-electron chi connectivity index (χ0n) is 13.7. The van der Waals surface area contributed by atoms with E-state index < -0.39 is 0 Å². The standard InChI is InChI=1S/C18H23ClN2O3/c19-15-5-3-13(4-6-15)7-8-20-18(23)14-10-17(22)21(11-14)12-16-2-1-9-24-16/h3-6,14,16H,1-2,7-12H2,(H,20,23). The smallest absolute Gasteiger partial charge is 0.225 e. The van der Waals surface area contributed by atoms with Crippen LogP contribution in [0.25, 0.3) is 0 Å². The molecule has 2 aliphatic heterocycles. The third kappa shape index (κ3) is 4.48. The van der Waals surface area contributed by atoms with E-state index in [0.717, 1.165) is 31.4 Å². The number of benzene rings is 1. The summed E-state index contributed by atoms with van der Waals surface area (Å²) in [5.41, 5.74) is 1.13. The maximum atomic E-state index is 12.3. The number of carbonyl (C=O) groups is 2. The predicted molar refractivity (Wildman–Crippen MR) is 91.8 cm³/mol. The lowest BCUT2D eigenvalue weighted by atomic mass is 10.1. The van der Waals surface area contributed by atoms with Gasteiger partial charge in [-0.25, -0.2) is 0 Å². The van der Waals surface area contributed by atoms with Crippen LogP contribution in [-0.2, 0) is 20.7 Å². The molecule has 2 aliphatic rings. The molecule has 0 radical (unpaired) electrons. The quantitative estimate of drug-likeness (QED) is 0.854. The van der Waals surface area contributed by atoms with Crippen LogP contribution >= 0.6 is 11.6 Å². The van der Waals surface area contributed by atoms with Crippen molar-refractivity contribution >= 4 is 23.4 Å². The first-order valence-corrected chi connectivity index (χ1v) is 8.91. The first-order valence-electron chi connectivity index (χ1n) is 8.53. The fraction of sp³-hybridized carbons (Fsp3) is 0.556. The van der Waals surface area contributed by atoms with Crippen LogP contribution in [0.3, 0.4) is 0 Å². The van der Waals surface area contributed by atoms with E-state index >= 15 is 0 Å². The van der Waals surface area contributed by atoms with Crippen LogP contribution in [0.15, 0.2) is 24.3 Å². The number of rotatable bonds is 6. The Hall–Kier alpha value is -1.59. The van der Waals surface area contributed by atoms with Crippen molar-refractivity contribution in [3.8, 4) is 0 Å². The van der Waals surface area contributed by atoms with E-state index in [1.807, 2.05) is 24.3 Å². The van der Waals surface area contributed by atoms with Gasteiger partial charge in [-0.15, -0.1) is 0 Å². The molecule has 6 heteroatoms. The first kappa shape index (κ1) is 17.2. The molecule has 0 spiro atoms. The minimum Gasteiger partial charge on any atom is -0.376 e. The van der Waals surface area contributed by atoms with E-state index in [4.69, 9.17) is 16.3 Å². The van der Waals surface area contributed by atoms with Gasteiger partial charge < -0.3 is 15.0 Å². The lowest BCUT2D eigenvalue weighted by Gasteiger charge is -2.20. The van der Waals surface area contributed by atoms with Crippen molar-refractivity contribution in [2.75, 3.05) is 26.2 Å². The summed E-state index contributed by atoms with van der Waals surface area (Å²) < 4.78 is 5.58. The Morgan fingerprint density at radius 3 is 2.83 bits per heavy atom. The number of likely N-dealkylation sites (tertiary alicyclic amines) is 1. The molecular formula is C18H23ClN2O3. The molecule has 2 saturated heterocycles. The highest BCUT2D eigenvalue weighted by Crippen LogP contribution is 2.21. The molecule has 2 amide bonds. The van der Waals surface area contributed by atoms with Gasteiger partial charge in [0.1, 0.15) is 0 Å². The van der Waals surface area contributed by atoms with Gasteiger partial charge in [0.2, 0.25) is 11.8 Å². The van der Waals surface area contributed by atoms with E-state index in [2.05, 4.69) is 5.32 Å². The third-order valence-corrected chi connectivity index (χ3v) is 4.91. The monoisotopic (exact) mass is 350 g/mol. The molecule has 0 saturated carbocycles. The zero-order chi connectivity index (χ0) is 16.9. The molecule has 0 aromatic heterocycles. The second-order valence-electron chi connectivity index (χ2n) is 6.50. The van der Waals surface area contributed by atoms with Crippen molar-refractivity contribution in [2.45, 2.75) is 31.8 Å². The number of hydrogen-bond donors (Lipinski definition) is 1. The molecule has 1 aromatic rings. The molecule has 3 rings (SSSR count). The Morgan fingerprint density at radius 1 is 1.33 bits per heavy atom. The van der Waals surface area contributed by atoms with Gasteiger partial charge in [-0.3, -0.25) is 9.59 Å². The normalized spacial score (nSPS) is 23.7. The van der Waals surface area contributed by atoms with Crippen molar-refractivity contribution in [3.05, 3.63) is 34.9 Å². The summed E-state index contributed by atoms with van der Waals surface area (Å²) in [5.74, 6) is -0.223. The van der Waals surface area contributed by atoms with Crippen LogP contribution in [0, 0.1) is 5.92 Å². The lowest BCUT2D eigenvalue weighted by molar-refractivity contribution is -0.129.